The van der Waals surface area contributed by atoms with Gasteiger partial charge in [0.2, 0.25) is 0 Å². The van der Waals surface area contributed by atoms with Gasteiger partial charge in [-0.1, -0.05) is 301 Å². The van der Waals surface area contributed by atoms with Crippen molar-refractivity contribution in [3.63, 3.8) is 0 Å². The zero-order chi connectivity index (χ0) is 57.7. The fourth-order valence-corrected chi connectivity index (χ4v) is 14.5. The fourth-order valence-electron chi connectivity index (χ4n) is 10.8. The molecule has 0 nitrogen and oxygen atoms in total. The quantitative estimate of drug-likeness (QED) is 0.142. The predicted octanol–water partition coefficient (Wildman–Crippen LogP) is 26.2. The minimum atomic E-state index is 1.32. The van der Waals surface area contributed by atoms with Crippen molar-refractivity contribution in [2.45, 2.75) is 55.4 Å². The molecule has 3 heterocycles. The summed E-state index contributed by atoms with van der Waals surface area (Å²) in [5.74, 6) is 0. The summed E-state index contributed by atoms with van der Waals surface area (Å²) in [5.41, 5.74) is 2.64. The lowest BCUT2D eigenvalue weighted by atomic mass is 10.0. The van der Waals surface area contributed by atoms with Gasteiger partial charge in [0.15, 0.2) is 0 Å². The van der Waals surface area contributed by atoms with Gasteiger partial charge in [0, 0.05) is 60.5 Å². The highest BCUT2D eigenvalue weighted by Gasteiger charge is 2.13. The summed E-state index contributed by atoms with van der Waals surface area (Å²) in [6.45, 7) is 16.2. The predicted molar refractivity (Wildman–Crippen MR) is 379 cm³/mol. The highest BCUT2D eigenvalue weighted by atomic mass is 32.1. The minimum Gasteiger partial charge on any atom is -0.135 e. The van der Waals surface area contributed by atoms with Crippen molar-refractivity contribution < 1.29 is 0 Å². The van der Waals surface area contributed by atoms with Crippen LogP contribution in [0.1, 0.15) is 52.7 Å². The first-order chi connectivity index (χ1) is 41.0. The van der Waals surface area contributed by atoms with E-state index in [1.54, 1.807) is 0 Å². The molecule has 0 aliphatic rings. The molecule has 0 atom stereocenters. The van der Waals surface area contributed by atoms with Crippen molar-refractivity contribution in [3.05, 3.63) is 290 Å². The van der Waals surface area contributed by atoms with Gasteiger partial charge < -0.3 is 0 Å². The second kappa shape index (κ2) is 27.4. The molecule has 3 aromatic heterocycles. The van der Waals surface area contributed by atoms with Crippen LogP contribution in [0, 0.1) is 13.8 Å². The third kappa shape index (κ3) is 12.3. The van der Waals surface area contributed by atoms with Crippen molar-refractivity contribution in [1.82, 2.24) is 0 Å². The van der Waals surface area contributed by atoms with Crippen LogP contribution >= 0.6 is 34.0 Å². The molecule has 0 spiro atoms. The van der Waals surface area contributed by atoms with E-state index in [1.807, 2.05) is 112 Å². The summed E-state index contributed by atoms with van der Waals surface area (Å²) in [6.07, 6.45) is 0. The van der Waals surface area contributed by atoms with Gasteiger partial charge in [0.1, 0.15) is 0 Å². The van der Waals surface area contributed by atoms with Gasteiger partial charge in [-0.05, 0) is 109 Å². The molecule has 0 saturated carbocycles. The molecule has 17 rings (SSSR count). The van der Waals surface area contributed by atoms with Crippen LogP contribution in [0.2, 0.25) is 0 Å². The van der Waals surface area contributed by atoms with Gasteiger partial charge in [-0.25, -0.2) is 0 Å². The van der Waals surface area contributed by atoms with Gasteiger partial charge in [-0.3, -0.25) is 0 Å². The van der Waals surface area contributed by atoms with Crippen LogP contribution in [-0.2, 0) is 0 Å². The Kier molecular flexibility index (Phi) is 19.0. The standard InChI is InChI=1S/3C20H12S.2C7H8.3C2H6/c2*1-3-7-15-13(5-1)10-12-18-19(15)17-11-9-14-6-2-4-8-16(14)20(17)21-18;1-2-7-15-12-19-17(11-14(15)6-1)20-16-8-4-3-5-13(16)9-10-18(20)21-19;2*1-7-5-3-2-4-6-7;3*1-2/h3*1-12H;2*2-6H,1H3;3*1-2H3. The van der Waals surface area contributed by atoms with Crippen LogP contribution in [-0.4, -0.2) is 0 Å². The van der Waals surface area contributed by atoms with Gasteiger partial charge >= 0.3 is 0 Å². The molecule has 0 saturated heterocycles. The molecule has 0 amide bonds. The Hall–Kier alpha value is -8.70. The van der Waals surface area contributed by atoms with Gasteiger partial charge in [-0.2, -0.15) is 0 Å². The van der Waals surface area contributed by atoms with Crippen molar-refractivity contribution in [2.75, 3.05) is 0 Å². The first-order valence-corrected chi connectivity index (χ1v) is 31.7. The van der Waals surface area contributed by atoms with E-state index in [-0.39, 0.29) is 0 Å². The zero-order valence-electron chi connectivity index (χ0n) is 48.8. The average molecular weight is 1130 g/mol. The highest BCUT2D eigenvalue weighted by molar-refractivity contribution is 7.27. The third-order valence-corrected chi connectivity index (χ3v) is 18.1. The Balaban J connectivity index is 0.000000120. The Labute approximate surface area is 501 Å². The fraction of sp³-hybridized carbons (Fsp3) is 0.100. The zero-order valence-corrected chi connectivity index (χ0v) is 51.2. The molecule has 408 valence electrons. The summed E-state index contributed by atoms with van der Waals surface area (Å²) < 4.78 is 8.30. The topological polar surface area (TPSA) is 0 Å². The lowest BCUT2D eigenvalue weighted by molar-refractivity contribution is 1.48. The summed E-state index contributed by atoms with van der Waals surface area (Å²) in [5, 5.41) is 24.4. The van der Waals surface area contributed by atoms with Crippen molar-refractivity contribution in [1.29, 1.82) is 0 Å². The molecule has 14 aromatic carbocycles. The van der Waals surface area contributed by atoms with E-state index in [4.69, 9.17) is 0 Å². The minimum absolute atomic E-state index is 1.32. The largest absolute Gasteiger partial charge is 0.135 e. The first kappa shape index (κ1) is 57.5. The number of fused-ring (bicyclic) bond motifs is 20. The van der Waals surface area contributed by atoms with Gasteiger partial charge in [-0.15, -0.1) is 34.0 Å². The van der Waals surface area contributed by atoms with Crippen LogP contribution in [0.4, 0.5) is 0 Å². The van der Waals surface area contributed by atoms with Crippen molar-refractivity contribution >= 4 is 159 Å². The summed E-state index contributed by atoms with van der Waals surface area (Å²) in [6, 6.07) is 99.6. The Morgan fingerprint density at radius 3 is 0.831 bits per heavy atom. The van der Waals surface area contributed by atoms with Crippen LogP contribution in [0.3, 0.4) is 0 Å². The second-order valence-electron chi connectivity index (χ2n) is 19.6. The van der Waals surface area contributed by atoms with E-state index in [2.05, 4.69) is 257 Å². The average Bonchev–Trinajstić information content (AvgIpc) is 3.20. The molecular weight excluding hydrogens is 1060 g/mol. The monoisotopic (exact) mass is 1130 g/mol. The third-order valence-electron chi connectivity index (χ3n) is 14.6. The highest BCUT2D eigenvalue weighted by Crippen LogP contribution is 2.44. The van der Waals surface area contributed by atoms with Crippen LogP contribution in [0.25, 0.3) is 125 Å². The van der Waals surface area contributed by atoms with E-state index in [0.29, 0.717) is 0 Å². The normalized spacial score (nSPS) is 10.7. The van der Waals surface area contributed by atoms with Gasteiger partial charge in [0.25, 0.3) is 0 Å². The number of thiophene rings is 3. The molecule has 83 heavy (non-hydrogen) atoms. The lowest BCUT2D eigenvalue weighted by Crippen LogP contribution is -1.75. The Bertz CT molecular complexity index is 4650. The van der Waals surface area contributed by atoms with E-state index in [9.17, 15) is 0 Å². The molecule has 3 heteroatoms. The molecule has 0 N–H and O–H groups in total. The van der Waals surface area contributed by atoms with E-state index in [0.717, 1.165) is 0 Å². The molecule has 0 bridgehead atoms. The summed E-state index contributed by atoms with van der Waals surface area (Å²) >= 11 is 5.70. The Morgan fingerprint density at radius 1 is 0.193 bits per heavy atom. The molecule has 0 radical (unpaired) electrons. The Morgan fingerprint density at radius 2 is 0.470 bits per heavy atom. The summed E-state index contributed by atoms with van der Waals surface area (Å²) in [7, 11) is 0. The molecular formula is C80H70S3. The SMILES string of the molecule is CC.CC.CC.Cc1ccccc1.Cc1ccccc1.c1ccc2c(c1)ccc1c2sc2ccc3ccccc3c21.c1ccc2c(c1)ccc1c2sc2ccc3ccccc3c21.c1ccc2cc3c(cc2c1)sc1ccc2ccccc2c13. The first-order valence-electron chi connectivity index (χ1n) is 29.2. The molecule has 0 unspecified atom stereocenters. The molecule has 0 aliphatic heterocycles. The van der Waals surface area contributed by atoms with E-state index in [1.165, 1.54) is 136 Å². The smallest absolute Gasteiger partial charge is 0.0434 e. The maximum Gasteiger partial charge on any atom is 0.0434 e. The molecule has 17 aromatic rings. The number of benzene rings is 14. The number of rotatable bonds is 0. The van der Waals surface area contributed by atoms with Crippen molar-refractivity contribution in [3.8, 4) is 0 Å². The van der Waals surface area contributed by atoms with Crippen LogP contribution in [0.5, 0.6) is 0 Å². The lowest BCUT2D eigenvalue weighted by Gasteiger charge is -2.01. The second-order valence-corrected chi connectivity index (χ2v) is 22.8. The maximum absolute atomic E-state index is 2.34. The van der Waals surface area contributed by atoms with Crippen LogP contribution in [0.15, 0.2) is 279 Å². The summed E-state index contributed by atoms with van der Waals surface area (Å²) in [4.78, 5) is 0. The maximum atomic E-state index is 2.34. The number of aryl methyl sites for hydroxylation is 2. The number of hydrogen-bond acceptors (Lipinski definition) is 3. The van der Waals surface area contributed by atoms with Gasteiger partial charge in [0.05, 0.1) is 0 Å². The number of hydrogen-bond donors (Lipinski definition) is 0. The molecule has 0 aliphatic carbocycles. The molecule has 0 fully saturated rings. The van der Waals surface area contributed by atoms with E-state index >= 15 is 0 Å². The van der Waals surface area contributed by atoms with Crippen molar-refractivity contribution in [2.24, 2.45) is 0 Å². The van der Waals surface area contributed by atoms with E-state index < -0.39 is 0 Å². The van der Waals surface area contributed by atoms with Crippen LogP contribution < -0.4 is 0 Å².